The van der Waals surface area contributed by atoms with Gasteiger partial charge in [-0.1, -0.05) is 13.0 Å². The number of halogens is 1. The Labute approximate surface area is 160 Å². The zero-order valence-electron chi connectivity index (χ0n) is 14.5. The molecular formula is C16H26ClN3O3S2. The maximum absolute atomic E-state index is 12.2. The van der Waals surface area contributed by atoms with Gasteiger partial charge in [0.1, 0.15) is 0 Å². The van der Waals surface area contributed by atoms with E-state index in [1.165, 1.54) is 0 Å². The van der Waals surface area contributed by atoms with Gasteiger partial charge in [0.05, 0.1) is 11.4 Å². The molecule has 1 unspecified atom stereocenters. The number of anilines is 2. The Hall–Kier alpha value is -0.960. The van der Waals surface area contributed by atoms with Crippen molar-refractivity contribution in [2.45, 2.75) is 32.7 Å². The van der Waals surface area contributed by atoms with Crippen LogP contribution in [0.2, 0.25) is 0 Å². The fourth-order valence-corrected chi connectivity index (χ4v) is 4.69. The van der Waals surface area contributed by atoms with Crippen LogP contribution in [0.4, 0.5) is 11.4 Å². The zero-order chi connectivity index (χ0) is 17.6. The van der Waals surface area contributed by atoms with Crippen LogP contribution in [-0.4, -0.2) is 44.2 Å². The van der Waals surface area contributed by atoms with Crippen molar-refractivity contribution >= 4 is 51.5 Å². The molecule has 1 aliphatic rings. The second kappa shape index (κ2) is 10.3. The molecule has 25 heavy (non-hydrogen) atoms. The first-order valence-electron chi connectivity index (χ1n) is 8.12. The zero-order valence-corrected chi connectivity index (χ0v) is 17.0. The second-order valence-electron chi connectivity index (χ2n) is 5.88. The molecule has 1 aromatic carbocycles. The largest absolute Gasteiger partial charge is 0.326 e. The van der Waals surface area contributed by atoms with E-state index in [1.807, 2.05) is 18.7 Å². The summed E-state index contributed by atoms with van der Waals surface area (Å²) in [5, 5.41) is 6.23. The van der Waals surface area contributed by atoms with Gasteiger partial charge >= 0.3 is 0 Å². The van der Waals surface area contributed by atoms with Crippen LogP contribution in [0.15, 0.2) is 18.2 Å². The van der Waals surface area contributed by atoms with E-state index in [0.29, 0.717) is 24.2 Å². The van der Waals surface area contributed by atoms with Crippen LogP contribution < -0.4 is 15.4 Å². The third kappa shape index (κ3) is 7.05. The molecule has 1 atom stereocenters. The number of rotatable bonds is 7. The van der Waals surface area contributed by atoms with Gasteiger partial charge in [-0.3, -0.25) is 9.52 Å². The van der Waals surface area contributed by atoms with Gasteiger partial charge in [0, 0.05) is 36.2 Å². The van der Waals surface area contributed by atoms with E-state index in [2.05, 4.69) is 15.4 Å². The molecule has 1 heterocycles. The standard InChI is InChI=1S/C16H25N3O3S2.ClH/c1-3-9-24(21,22)19-15-6-4-5-14(12(15)2)18-16(20)10-13-11-23-8-7-17-13;/h4-6,13,17,19H,3,7-11H2,1-2H3,(H,18,20);1H. The van der Waals surface area contributed by atoms with Gasteiger partial charge in [0.15, 0.2) is 0 Å². The lowest BCUT2D eigenvalue weighted by atomic mass is 10.1. The molecule has 2 rings (SSSR count). The monoisotopic (exact) mass is 407 g/mol. The van der Waals surface area contributed by atoms with Crippen LogP contribution in [0, 0.1) is 6.92 Å². The fraction of sp³-hybridized carbons (Fsp3) is 0.562. The van der Waals surface area contributed by atoms with Gasteiger partial charge < -0.3 is 10.6 Å². The van der Waals surface area contributed by atoms with Gasteiger partial charge in [-0.2, -0.15) is 11.8 Å². The highest BCUT2D eigenvalue weighted by molar-refractivity contribution is 7.99. The van der Waals surface area contributed by atoms with E-state index in [9.17, 15) is 13.2 Å². The minimum Gasteiger partial charge on any atom is -0.326 e. The molecule has 1 saturated heterocycles. The summed E-state index contributed by atoms with van der Waals surface area (Å²) in [5.41, 5.74) is 1.87. The van der Waals surface area contributed by atoms with Crippen molar-refractivity contribution < 1.29 is 13.2 Å². The molecule has 0 saturated carbocycles. The van der Waals surface area contributed by atoms with Crippen molar-refractivity contribution in [2.75, 3.05) is 33.8 Å². The minimum atomic E-state index is -3.35. The van der Waals surface area contributed by atoms with E-state index in [4.69, 9.17) is 0 Å². The van der Waals surface area contributed by atoms with Crippen LogP contribution in [0.5, 0.6) is 0 Å². The number of carbonyl (C=O) groups excluding carboxylic acids is 1. The number of hydrogen-bond donors (Lipinski definition) is 3. The molecule has 142 valence electrons. The number of hydrogen-bond acceptors (Lipinski definition) is 5. The van der Waals surface area contributed by atoms with Crippen molar-refractivity contribution in [3.05, 3.63) is 23.8 Å². The smallest absolute Gasteiger partial charge is 0.232 e. The van der Waals surface area contributed by atoms with Gasteiger partial charge in [-0.25, -0.2) is 8.42 Å². The first-order valence-corrected chi connectivity index (χ1v) is 10.9. The number of thioether (sulfide) groups is 1. The summed E-state index contributed by atoms with van der Waals surface area (Å²) >= 11 is 1.85. The van der Waals surface area contributed by atoms with Crippen LogP contribution in [0.3, 0.4) is 0 Å². The summed E-state index contributed by atoms with van der Waals surface area (Å²) in [5.74, 6) is 2.03. The summed E-state index contributed by atoms with van der Waals surface area (Å²) in [6, 6.07) is 5.42. The molecule has 0 aliphatic carbocycles. The third-order valence-corrected chi connectivity index (χ3v) is 6.38. The average Bonchev–Trinajstić information content (AvgIpc) is 2.52. The third-order valence-electron chi connectivity index (χ3n) is 3.78. The van der Waals surface area contributed by atoms with Crippen molar-refractivity contribution in [3.63, 3.8) is 0 Å². The Bertz CT molecular complexity index is 677. The Morgan fingerprint density at radius 3 is 2.72 bits per heavy atom. The molecule has 0 spiro atoms. The molecule has 0 radical (unpaired) electrons. The Morgan fingerprint density at radius 1 is 1.36 bits per heavy atom. The lowest BCUT2D eigenvalue weighted by molar-refractivity contribution is -0.116. The summed E-state index contributed by atoms with van der Waals surface area (Å²) < 4.78 is 26.5. The minimum absolute atomic E-state index is 0. The number of amides is 1. The molecule has 3 N–H and O–H groups in total. The SMILES string of the molecule is CCCS(=O)(=O)Nc1cccc(NC(=O)CC2CSCCN2)c1C.Cl. The molecule has 1 amide bonds. The molecule has 6 nitrogen and oxygen atoms in total. The number of nitrogens with one attached hydrogen (secondary N) is 3. The average molecular weight is 408 g/mol. The first kappa shape index (κ1) is 22.1. The molecule has 9 heteroatoms. The van der Waals surface area contributed by atoms with Crippen molar-refractivity contribution in [1.82, 2.24) is 5.32 Å². The Kier molecular flexibility index (Phi) is 9.06. The van der Waals surface area contributed by atoms with Gasteiger partial charge in [0.25, 0.3) is 0 Å². The Morgan fingerprint density at radius 2 is 2.08 bits per heavy atom. The summed E-state index contributed by atoms with van der Waals surface area (Å²) in [6.07, 6.45) is 0.968. The lowest BCUT2D eigenvalue weighted by Gasteiger charge is -2.22. The topological polar surface area (TPSA) is 87.3 Å². The van der Waals surface area contributed by atoms with E-state index in [1.54, 1.807) is 25.1 Å². The summed E-state index contributed by atoms with van der Waals surface area (Å²) in [4.78, 5) is 12.2. The van der Waals surface area contributed by atoms with Gasteiger partial charge in [0.2, 0.25) is 15.9 Å². The van der Waals surface area contributed by atoms with E-state index >= 15 is 0 Å². The summed E-state index contributed by atoms with van der Waals surface area (Å²) in [7, 11) is -3.35. The number of sulfonamides is 1. The van der Waals surface area contributed by atoms with Crippen molar-refractivity contribution in [3.8, 4) is 0 Å². The molecule has 1 aromatic rings. The van der Waals surface area contributed by atoms with Crippen LogP contribution in [0.1, 0.15) is 25.3 Å². The van der Waals surface area contributed by atoms with Crippen molar-refractivity contribution in [1.29, 1.82) is 0 Å². The molecule has 1 fully saturated rings. The van der Waals surface area contributed by atoms with Crippen molar-refractivity contribution in [2.24, 2.45) is 0 Å². The fourth-order valence-electron chi connectivity index (χ4n) is 2.54. The van der Waals surface area contributed by atoms with E-state index in [0.717, 1.165) is 23.6 Å². The van der Waals surface area contributed by atoms with E-state index in [-0.39, 0.29) is 30.1 Å². The van der Waals surface area contributed by atoms with Gasteiger partial charge in [-0.15, -0.1) is 12.4 Å². The predicted molar refractivity (Wildman–Crippen MR) is 108 cm³/mol. The number of carbonyl (C=O) groups is 1. The highest BCUT2D eigenvalue weighted by atomic mass is 35.5. The molecule has 1 aliphatic heterocycles. The number of benzene rings is 1. The maximum atomic E-state index is 12.2. The van der Waals surface area contributed by atoms with Crippen LogP contribution >= 0.6 is 24.2 Å². The first-order chi connectivity index (χ1) is 11.4. The van der Waals surface area contributed by atoms with E-state index < -0.39 is 10.0 Å². The molecular weight excluding hydrogens is 382 g/mol. The normalized spacial score (nSPS) is 17.4. The highest BCUT2D eigenvalue weighted by Gasteiger charge is 2.18. The second-order valence-corrected chi connectivity index (χ2v) is 8.87. The maximum Gasteiger partial charge on any atom is 0.232 e. The van der Waals surface area contributed by atoms with Crippen LogP contribution in [-0.2, 0) is 14.8 Å². The van der Waals surface area contributed by atoms with Gasteiger partial charge in [-0.05, 0) is 31.0 Å². The lowest BCUT2D eigenvalue weighted by Crippen LogP contribution is -2.39. The van der Waals surface area contributed by atoms with Crippen LogP contribution in [0.25, 0.3) is 0 Å². The predicted octanol–water partition coefficient (Wildman–Crippen LogP) is 2.60. The quantitative estimate of drug-likeness (QED) is 0.646. The highest BCUT2D eigenvalue weighted by Crippen LogP contribution is 2.25. The summed E-state index contributed by atoms with van der Waals surface area (Å²) in [6.45, 7) is 4.55. The Balaban J connectivity index is 0.00000312. The molecule has 0 aromatic heterocycles. The molecule has 0 bridgehead atoms.